The number of piperazine rings is 1. The van der Waals surface area contributed by atoms with Crippen LogP contribution in [-0.4, -0.2) is 51.0 Å². The molecular weight excluding hydrogens is 398 g/mol. The molecule has 8 heteroatoms. The SMILES string of the molecule is N#Cc1ccc(N2CCN3[C@@H](CCC[C@@H]3c3n[nH]nc3-c3cccc(Cl)c3)C2)nc1. The Balaban J connectivity index is 1.37. The number of nitrogens with zero attached hydrogens (tertiary/aromatic N) is 6. The van der Waals surface area contributed by atoms with Gasteiger partial charge in [-0.2, -0.15) is 20.7 Å². The van der Waals surface area contributed by atoms with Crippen molar-refractivity contribution in [2.75, 3.05) is 24.5 Å². The Hall–Kier alpha value is -2.95. The number of pyridine rings is 1. The van der Waals surface area contributed by atoms with Crippen LogP contribution in [-0.2, 0) is 0 Å². The van der Waals surface area contributed by atoms with E-state index in [1.807, 2.05) is 36.4 Å². The molecule has 2 saturated heterocycles. The number of rotatable bonds is 3. The van der Waals surface area contributed by atoms with Crippen LogP contribution in [0.3, 0.4) is 0 Å². The minimum Gasteiger partial charge on any atom is -0.354 e. The van der Waals surface area contributed by atoms with E-state index in [1.165, 1.54) is 0 Å². The number of nitrogens with one attached hydrogen (secondary N) is 1. The maximum Gasteiger partial charge on any atom is 0.128 e. The fourth-order valence-corrected chi connectivity index (χ4v) is 4.90. The van der Waals surface area contributed by atoms with E-state index in [0.29, 0.717) is 16.6 Å². The molecule has 1 N–H and O–H groups in total. The number of hydrogen-bond donors (Lipinski definition) is 1. The van der Waals surface area contributed by atoms with Gasteiger partial charge in [-0.1, -0.05) is 23.7 Å². The zero-order chi connectivity index (χ0) is 20.5. The number of hydrogen-bond acceptors (Lipinski definition) is 6. The molecule has 0 aliphatic carbocycles. The Morgan fingerprint density at radius 1 is 1.13 bits per heavy atom. The molecule has 5 rings (SSSR count). The van der Waals surface area contributed by atoms with Gasteiger partial charge in [0.25, 0.3) is 0 Å². The van der Waals surface area contributed by atoms with E-state index in [9.17, 15) is 0 Å². The standard InChI is InChI=1S/C22H22ClN7/c23-17-4-1-3-16(11-17)21-22(27-28-26-21)19-6-2-5-18-14-29(9-10-30(18)19)20-8-7-15(12-24)13-25-20/h1,3-4,7-8,11,13,18-19H,2,5-6,9-10,14H2,(H,26,27,28)/t18-,19+/m0/s1. The molecule has 0 spiro atoms. The fourth-order valence-electron chi connectivity index (χ4n) is 4.71. The van der Waals surface area contributed by atoms with Crippen molar-refractivity contribution in [2.24, 2.45) is 0 Å². The van der Waals surface area contributed by atoms with Crippen LogP contribution >= 0.6 is 11.6 Å². The Morgan fingerprint density at radius 2 is 2.07 bits per heavy atom. The second-order valence-electron chi connectivity index (χ2n) is 7.87. The van der Waals surface area contributed by atoms with Gasteiger partial charge >= 0.3 is 0 Å². The molecule has 1 aromatic carbocycles. The van der Waals surface area contributed by atoms with E-state index in [4.69, 9.17) is 16.9 Å². The van der Waals surface area contributed by atoms with Gasteiger partial charge in [-0.25, -0.2) is 4.98 Å². The molecule has 2 fully saturated rings. The highest BCUT2D eigenvalue weighted by Gasteiger charge is 2.38. The summed E-state index contributed by atoms with van der Waals surface area (Å²) in [4.78, 5) is 9.39. The van der Waals surface area contributed by atoms with Gasteiger partial charge in [-0.3, -0.25) is 4.90 Å². The lowest BCUT2D eigenvalue weighted by molar-refractivity contribution is 0.0694. The van der Waals surface area contributed by atoms with Gasteiger partial charge in [0.1, 0.15) is 23.3 Å². The summed E-state index contributed by atoms with van der Waals surface area (Å²) < 4.78 is 0. The summed E-state index contributed by atoms with van der Waals surface area (Å²) in [6.07, 6.45) is 5.04. The number of aromatic nitrogens is 4. The summed E-state index contributed by atoms with van der Waals surface area (Å²) in [7, 11) is 0. The number of nitriles is 1. The third kappa shape index (κ3) is 3.53. The van der Waals surface area contributed by atoms with Crippen molar-refractivity contribution in [3.63, 3.8) is 0 Å². The number of benzene rings is 1. The summed E-state index contributed by atoms with van der Waals surface area (Å²) >= 11 is 6.21. The molecule has 2 aliphatic rings. The van der Waals surface area contributed by atoms with Crippen molar-refractivity contribution >= 4 is 17.4 Å². The average molecular weight is 420 g/mol. The van der Waals surface area contributed by atoms with Crippen LogP contribution in [0, 0.1) is 11.3 Å². The van der Waals surface area contributed by atoms with Crippen LogP contribution in [0.5, 0.6) is 0 Å². The Labute approximate surface area is 180 Å². The fraction of sp³-hybridized carbons (Fsp3) is 0.364. The van der Waals surface area contributed by atoms with Crippen molar-refractivity contribution in [3.05, 3.63) is 58.9 Å². The molecule has 2 aliphatic heterocycles. The van der Waals surface area contributed by atoms with Crippen LogP contribution in [0.25, 0.3) is 11.3 Å². The lowest BCUT2D eigenvalue weighted by Crippen LogP contribution is -2.56. The van der Waals surface area contributed by atoms with Crippen LogP contribution in [0.1, 0.15) is 36.6 Å². The minimum absolute atomic E-state index is 0.243. The van der Waals surface area contributed by atoms with Gasteiger partial charge in [0.05, 0.1) is 11.6 Å². The van der Waals surface area contributed by atoms with Gasteiger partial charge in [-0.05, 0) is 43.5 Å². The maximum atomic E-state index is 9.00. The van der Waals surface area contributed by atoms with Crippen molar-refractivity contribution in [2.45, 2.75) is 31.3 Å². The first kappa shape index (κ1) is 19.0. The number of H-pyrrole nitrogens is 1. The topological polar surface area (TPSA) is 84.7 Å². The third-order valence-corrected chi connectivity index (χ3v) is 6.37. The number of piperidine rings is 1. The molecule has 7 nitrogen and oxygen atoms in total. The molecule has 3 aromatic rings. The summed E-state index contributed by atoms with van der Waals surface area (Å²) in [6.45, 7) is 2.77. The first-order valence-electron chi connectivity index (χ1n) is 10.3. The quantitative estimate of drug-likeness (QED) is 0.694. The second kappa shape index (κ2) is 8.05. The van der Waals surface area contributed by atoms with Crippen molar-refractivity contribution in [1.29, 1.82) is 5.26 Å². The van der Waals surface area contributed by atoms with Gasteiger partial charge in [0, 0.05) is 42.5 Å². The van der Waals surface area contributed by atoms with Gasteiger partial charge < -0.3 is 4.90 Å². The van der Waals surface area contributed by atoms with Gasteiger partial charge in [0.15, 0.2) is 0 Å². The van der Waals surface area contributed by atoms with E-state index in [1.54, 1.807) is 6.20 Å². The molecule has 4 heterocycles. The first-order valence-corrected chi connectivity index (χ1v) is 10.6. The molecular formula is C22H22ClN7. The minimum atomic E-state index is 0.243. The van der Waals surface area contributed by atoms with Crippen LogP contribution < -0.4 is 4.90 Å². The summed E-state index contributed by atoms with van der Waals surface area (Å²) in [5.74, 6) is 0.942. The van der Waals surface area contributed by atoms with Crippen LogP contribution in [0.4, 0.5) is 5.82 Å². The zero-order valence-corrected chi connectivity index (χ0v) is 17.3. The lowest BCUT2D eigenvalue weighted by atomic mass is 9.90. The molecule has 0 saturated carbocycles. The average Bonchev–Trinajstić information content (AvgIpc) is 3.28. The van der Waals surface area contributed by atoms with E-state index in [-0.39, 0.29) is 6.04 Å². The number of fused-ring (bicyclic) bond motifs is 1. The highest BCUT2D eigenvalue weighted by molar-refractivity contribution is 6.30. The summed E-state index contributed by atoms with van der Waals surface area (Å²) in [5, 5.41) is 21.5. The van der Waals surface area contributed by atoms with Gasteiger partial charge in [0.2, 0.25) is 0 Å². The highest BCUT2D eigenvalue weighted by Crippen LogP contribution is 2.39. The predicted octanol–water partition coefficient (Wildman–Crippen LogP) is 3.81. The molecule has 152 valence electrons. The predicted molar refractivity (Wildman–Crippen MR) is 115 cm³/mol. The molecule has 0 amide bonds. The molecule has 0 unspecified atom stereocenters. The first-order chi connectivity index (χ1) is 14.7. The van der Waals surface area contributed by atoms with E-state index < -0.39 is 0 Å². The van der Waals surface area contributed by atoms with Crippen LogP contribution in [0.15, 0.2) is 42.6 Å². The lowest BCUT2D eigenvalue weighted by Gasteiger charge is -2.48. The summed E-state index contributed by atoms with van der Waals surface area (Å²) in [5.41, 5.74) is 3.48. The highest BCUT2D eigenvalue weighted by atomic mass is 35.5. The monoisotopic (exact) mass is 419 g/mol. The van der Waals surface area contributed by atoms with Gasteiger partial charge in [-0.15, -0.1) is 0 Å². The largest absolute Gasteiger partial charge is 0.354 e. The molecule has 0 bridgehead atoms. The maximum absolute atomic E-state index is 9.00. The Kier molecular flexibility index (Phi) is 5.11. The van der Waals surface area contributed by atoms with Crippen LogP contribution in [0.2, 0.25) is 5.02 Å². The molecule has 0 radical (unpaired) electrons. The Morgan fingerprint density at radius 3 is 2.87 bits per heavy atom. The Bertz CT molecular complexity index is 1070. The van der Waals surface area contributed by atoms with E-state index in [0.717, 1.165) is 61.7 Å². The van der Waals surface area contributed by atoms with E-state index in [2.05, 4.69) is 36.3 Å². The normalized spacial score (nSPS) is 21.8. The summed E-state index contributed by atoms with van der Waals surface area (Å²) in [6, 6.07) is 14.4. The number of aromatic amines is 1. The van der Waals surface area contributed by atoms with E-state index >= 15 is 0 Å². The number of anilines is 1. The van der Waals surface area contributed by atoms with Crippen molar-refractivity contribution in [1.82, 2.24) is 25.3 Å². The third-order valence-electron chi connectivity index (χ3n) is 6.13. The molecule has 2 atom stereocenters. The number of halogens is 1. The smallest absolute Gasteiger partial charge is 0.128 e. The second-order valence-corrected chi connectivity index (χ2v) is 8.31. The molecule has 30 heavy (non-hydrogen) atoms. The zero-order valence-electron chi connectivity index (χ0n) is 16.5. The van der Waals surface area contributed by atoms with Crippen molar-refractivity contribution in [3.8, 4) is 17.3 Å². The van der Waals surface area contributed by atoms with Crippen molar-refractivity contribution < 1.29 is 0 Å². The molecule has 2 aromatic heterocycles.